The number of sulfonamides is 1. The van der Waals surface area contributed by atoms with Gasteiger partial charge in [-0.3, -0.25) is 0 Å². The van der Waals surface area contributed by atoms with Gasteiger partial charge in [0.2, 0.25) is 10.0 Å². The van der Waals surface area contributed by atoms with Crippen LogP contribution in [0.5, 0.6) is 11.5 Å². The summed E-state index contributed by atoms with van der Waals surface area (Å²) in [6.45, 7) is -0.138. The number of ether oxygens (including phenoxy) is 2. The minimum absolute atomic E-state index is 0.0780. The normalized spacial score (nSPS) is 20.7. The van der Waals surface area contributed by atoms with Gasteiger partial charge in [0.25, 0.3) is 0 Å². The third-order valence-electron chi connectivity index (χ3n) is 5.38. The van der Waals surface area contributed by atoms with E-state index in [0.29, 0.717) is 18.2 Å². The van der Waals surface area contributed by atoms with Gasteiger partial charge < -0.3 is 19.7 Å². The molecule has 1 aliphatic rings. The van der Waals surface area contributed by atoms with Crippen LogP contribution in [0.1, 0.15) is 23.6 Å². The highest BCUT2D eigenvalue weighted by atomic mass is 32.2. The molecule has 1 aliphatic heterocycles. The molecule has 186 valence electrons. The molecule has 2 atom stereocenters. The number of alkyl halides is 3. The number of nitrogens with zero attached hydrogens (tertiary/aromatic N) is 3. The molecule has 1 fully saturated rings. The van der Waals surface area contributed by atoms with Crippen LogP contribution in [0.3, 0.4) is 0 Å². The summed E-state index contributed by atoms with van der Waals surface area (Å²) in [7, 11) is -4.56. The Labute approximate surface area is 199 Å². The fourth-order valence-corrected chi connectivity index (χ4v) is 5.19. The first kappa shape index (κ1) is 26.2. The molecule has 9 nitrogen and oxygen atoms in total. The number of aliphatic hydroxyl groups is 2. The van der Waals surface area contributed by atoms with Crippen molar-refractivity contribution in [1.82, 2.24) is 4.31 Å². The fraction of sp³-hybridized carbons (Fsp3) is 0.364. The van der Waals surface area contributed by atoms with E-state index in [1.165, 1.54) is 24.3 Å². The maximum absolute atomic E-state index is 13.2. The lowest BCUT2D eigenvalue weighted by atomic mass is 10.0. The van der Waals surface area contributed by atoms with Crippen LogP contribution >= 0.6 is 0 Å². The zero-order chi connectivity index (χ0) is 26.0. The van der Waals surface area contributed by atoms with E-state index in [4.69, 9.17) is 14.7 Å². The van der Waals surface area contributed by atoms with Gasteiger partial charge in [0.05, 0.1) is 47.4 Å². The van der Waals surface area contributed by atoms with E-state index in [0.717, 1.165) is 4.31 Å². The lowest BCUT2D eigenvalue weighted by Crippen LogP contribution is -2.48. The quantitative estimate of drug-likeness (QED) is 0.575. The van der Waals surface area contributed by atoms with Crippen LogP contribution in [0, 0.1) is 22.7 Å². The topological polar surface area (TPSA) is 144 Å². The highest BCUT2D eigenvalue weighted by Gasteiger charge is 2.51. The molecule has 13 heteroatoms. The van der Waals surface area contributed by atoms with Crippen LogP contribution in [0.25, 0.3) is 0 Å². The SMILES string of the molecule is CCOc1cc(C#N)ccc1OC1CN(S(=O)(=O)c2ccc(C(F)(F)F)cc2C#N)C[C@@]1(O)CO. The predicted molar refractivity (Wildman–Crippen MR) is 114 cm³/mol. The lowest BCUT2D eigenvalue weighted by molar-refractivity contribution is -0.137. The average molecular weight is 511 g/mol. The van der Waals surface area contributed by atoms with Gasteiger partial charge in [-0.2, -0.15) is 28.0 Å². The Morgan fingerprint density at radius 1 is 1.17 bits per heavy atom. The van der Waals surface area contributed by atoms with Gasteiger partial charge in [-0.05, 0) is 37.3 Å². The Bertz CT molecular complexity index is 1300. The third kappa shape index (κ3) is 5.18. The molecule has 0 radical (unpaired) electrons. The van der Waals surface area contributed by atoms with Gasteiger partial charge in [0, 0.05) is 12.6 Å². The van der Waals surface area contributed by atoms with Crippen LogP contribution in [0.2, 0.25) is 0 Å². The second kappa shape index (κ2) is 9.71. The van der Waals surface area contributed by atoms with E-state index in [9.17, 15) is 37.1 Å². The second-order valence-electron chi connectivity index (χ2n) is 7.69. The van der Waals surface area contributed by atoms with Gasteiger partial charge in [-0.25, -0.2) is 8.42 Å². The van der Waals surface area contributed by atoms with Crippen molar-refractivity contribution in [3.8, 4) is 23.6 Å². The number of benzene rings is 2. The van der Waals surface area contributed by atoms with Crippen LogP contribution in [0.15, 0.2) is 41.3 Å². The molecule has 0 saturated carbocycles. The van der Waals surface area contributed by atoms with Crippen molar-refractivity contribution < 1.29 is 41.3 Å². The summed E-state index contributed by atoms with van der Waals surface area (Å²) in [6, 6.07) is 9.25. The molecule has 3 rings (SSSR count). The van der Waals surface area contributed by atoms with Gasteiger partial charge >= 0.3 is 6.18 Å². The molecule has 1 saturated heterocycles. The number of nitriles is 2. The van der Waals surface area contributed by atoms with Crippen LogP contribution < -0.4 is 9.47 Å². The van der Waals surface area contributed by atoms with Crippen molar-refractivity contribution in [1.29, 1.82) is 10.5 Å². The van der Waals surface area contributed by atoms with Crippen LogP contribution in [0.4, 0.5) is 13.2 Å². The summed E-state index contributed by atoms with van der Waals surface area (Å²) >= 11 is 0. The number of hydrogen-bond acceptors (Lipinski definition) is 8. The third-order valence-corrected chi connectivity index (χ3v) is 7.25. The maximum atomic E-state index is 13.2. The number of halogens is 3. The van der Waals surface area contributed by atoms with Crippen molar-refractivity contribution >= 4 is 10.0 Å². The van der Waals surface area contributed by atoms with Crippen molar-refractivity contribution in [3.63, 3.8) is 0 Å². The lowest BCUT2D eigenvalue weighted by Gasteiger charge is -2.27. The summed E-state index contributed by atoms with van der Waals surface area (Å²) in [5, 5.41) is 39.1. The van der Waals surface area contributed by atoms with E-state index < -0.39 is 63.6 Å². The Balaban J connectivity index is 1.96. The van der Waals surface area contributed by atoms with E-state index in [1.54, 1.807) is 6.92 Å². The Hall–Kier alpha value is -3.36. The molecule has 0 aromatic heterocycles. The predicted octanol–water partition coefficient (Wildman–Crippen LogP) is 2.02. The first-order valence-electron chi connectivity index (χ1n) is 10.2. The molecule has 0 bridgehead atoms. The molecule has 1 unspecified atom stereocenters. The smallest absolute Gasteiger partial charge is 0.416 e. The fourth-order valence-electron chi connectivity index (χ4n) is 3.56. The summed E-state index contributed by atoms with van der Waals surface area (Å²) in [5.41, 5.74) is -3.72. The van der Waals surface area contributed by atoms with Gasteiger partial charge in [0.1, 0.15) is 17.8 Å². The molecule has 0 amide bonds. The molecule has 1 heterocycles. The standard InChI is InChI=1S/C22H20F3N3O6S/c1-2-33-18-7-14(9-26)3-5-17(18)34-20-11-28(12-21(20,30)13-29)35(31,32)19-6-4-16(22(23,24)25)8-15(19)10-27/h3-8,20,29-30H,2,11-13H2,1H3/t20?,21-/m1/s1. The molecule has 0 aliphatic carbocycles. The Kier molecular flexibility index (Phi) is 7.29. The number of hydrogen-bond donors (Lipinski definition) is 2. The molecule has 0 spiro atoms. The van der Waals surface area contributed by atoms with Crippen LogP contribution in [-0.4, -0.2) is 60.9 Å². The van der Waals surface area contributed by atoms with Gasteiger partial charge in [0.15, 0.2) is 11.5 Å². The minimum atomic E-state index is -4.78. The van der Waals surface area contributed by atoms with Crippen molar-refractivity contribution in [3.05, 3.63) is 53.1 Å². The minimum Gasteiger partial charge on any atom is -0.490 e. The van der Waals surface area contributed by atoms with Gasteiger partial charge in [-0.1, -0.05) is 0 Å². The first-order valence-corrected chi connectivity index (χ1v) is 11.6. The highest BCUT2D eigenvalue weighted by Crippen LogP contribution is 2.37. The largest absolute Gasteiger partial charge is 0.490 e. The monoisotopic (exact) mass is 511 g/mol. The maximum Gasteiger partial charge on any atom is 0.416 e. The molecule has 2 aromatic rings. The van der Waals surface area contributed by atoms with Crippen molar-refractivity contribution in [2.45, 2.75) is 29.7 Å². The summed E-state index contributed by atoms with van der Waals surface area (Å²) in [4.78, 5) is -0.678. The number of aliphatic hydroxyl groups excluding tert-OH is 1. The highest BCUT2D eigenvalue weighted by molar-refractivity contribution is 7.89. The zero-order valence-corrected chi connectivity index (χ0v) is 19.1. The summed E-state index contributed by atoms with van der Waals surface area (Å²) < 4.78 is 77.4. The van der Waals surface area contributed by atoms with E-state index in [1.807, 2.05) is 6.07 Å². The Morgan fingerprint density at radius 2 is 1.89 bits per heavy atom. The zero-order valence-electron chi connectivity index (χ0n) is 18.3. The van der Waals surface area contributed by atoms with Crippen molar-refractivity contribution in [2.24, 2.45) is 0 Å². The molecular formula is C22H20F3N3O6S. The summed E-state index contributed by atoms with van der Waals surface area (Å²) in [5.74, 6) is 0.233. The van der Waals surface area contributed by atoms with Gasteiger partial charge in [-0.15, -0.1) is 0 Å². The molecule has 2 N–H and O–H groups in total. The van der Waals surface area contributed by atoms with E-state index in [-0.39, 0.29) is 23.7 Å². The first-order chi connectivity index (χ1) is 16.4. The molecule has 2 aromatic carbocycles. The van der Waals surface area contributed by atoms with Crippen molar-refractivity contribution in [2.75, 3.05) is 26.3 Å². The second-order valence-corrected chi connectivity index (χ2v) is 9.60. The molecular weight excluding hydrogens is 491 g/mol. The molecule has 35 heavy (non-hydrogen) atoms. The van der Waals surface area contributed by atoms with E-state index >= 15 is 0 Å². The number of rotatable bonds is 7. The number of β-amino-alcohol motifs (C(OH)–C–C–N with tert-alkyl or cyclic N) is 1. The van der Waals surface area contributed by atoms with E-state index in [2.05, 4.69) is 0 Å². The van der Waals surface area contributed by atoms with Crippen LogP contribution in [-0.2, 0) is 16.2 Å². The Morgan fingerprint density at radius 3 is 2.46 bits per heavy atom. The summed E-state index contributed by atoms with van der Waals surface area (Å²) in [6.07, 6.45) is -6.09. The average Bonchev–Trinajstić information content (AvgIpc) is 3.16.